The summed E-state index contributed by atoms with van der Waals surface area (Å²) in [5.74, 6) is 0. The van der Waals surface area contributed by atoms with Crippen LogP contribution in [0, 0.1) is 6.92 Å². The zero-order chi connectivity index (χ0) is 8.55. The van der Waals surface area contributed by atoms with E-state index in [0.29, 0.717) is 0 Å². The zero-order valence-electron chi connectivity index (χ0n) is 7.73. The normalized spacial score (nSPS) is 8.93. The quantitative estimate of drug-likeness (QED) is 0.708. The summed E-state index contributed by atoms with van der Waals surface area (Å²) >= 11 is 0. The minimum absolute atomic E-state index is 0. The van der Waals surface area contributed by atoms with Gasteiger partial charge in [-0.15, -0.1) is 24.8 Å². The van der Waals surface area contributed by atoms with Crippen molar-refractivity contribution in [3.63, 3.8) is 0 Å². The number of aryl methyl sites for hydroxylation is 1. The Hall–Kier alpha value is -0.990. The van der Waals surface area contributed by atoms with Crippen LogP contribution in [0.5, 0.6) is 0 Å². The van der Waals surface area contributed by atoms with Gasteiger partial charge in [-0.25, -0.2) is 0 Å². The highest BCUT2D eigenvalue weighted by Crippen LogP contribution is 2.18. The number of rotatable bonds is 0. The summed E-state index contributed by atoms with van der Waals surface area (Å²) in [4.78, 5) is 4.35. The van der Waals surface area contributed by atoms with E-state index >= 15 is 0 Å². The van der Waals surface area contributed by atoms with Crippen molar-refractivity contribution in [1.29, 1.82) is 0 Å². The van der Waals surface area contributed by atoms with Crippen LogP contribution in [0.15, 0.2) is 30.3 Å². The fourth-order valence-electron chi connectivity index (χ4n) is 1.27. The lowest BCUT2D eigenvalue weighted by molar-refractivity contribution is 1.26. The molecule has 2 nitrogen and oxygen atoms in total. The molecule has 1 aromatic heterocycles. The number of fused-ring (bicyclic) bond motifs is 1. The molecule has 14 heavy (non-hydrogen) atoms. The first-order chi connectivity index (χ1) is 5.77. The van der Waals surface area contributed by atoms with Gasteiger partial charge in [0.1, 0.15) is 0 Å². The second-order valence-electron chi connectivity index (χ2n) is 2.87. The number of hydrogen-bond donors (Lipinski definition) is 1. The maximum Gasteiger partial charge on any atom is 0.0934 e. The average Bonchev–Trinajstić information content (AvgIpc) is 2.07. The van der Waals surface area contributed by atoms with Crippen LogP contribution in [-0.2, 0) is 0 Å². The lowest BCUT2D eigenvalue weighted by Gasteiger charge is -2.00. The van der Waals surface area contributed by atoms with Crippen LogP contribution in [0.3, 0.4) is 0 Å². The van der Waals surface area contributed by atoms with Gasteiger partial charge in [0.2, 0.25) is 0 Å². The smallest absolute Gasteiger partial charge is 0.0934 e. The van der Waals surface area contributed by atoms with E-state index in [4.69, 9.17) is 5.73 Å². The van der Waals surface area contributed by atoms with Crippen LogP contribution in [0.2, 0.25) is 0 Å². The fourth-order valence-corrected chi connectivity index (χ4v) is 1.27. The van der Waals surface area contributed by atoms with Gasteiger partial charge in [0.15, 0.2) is 0 Å². The van der Waals surface area contributed by atoms with Crippen molar-refractivity contribution >= 4 is 41.4 Å². The monoisotopic (exact) mass is 230 g/mol. The van der Waals surface area contributed by atoms with Gasteiger partial charge in [0, 0.05) is 11.1 Å². The Morgan fingerprint density at radius 3 is 2.50 bits per heavy atom. The lowest BCUT2D eigenvalue weighted by Crippen LogP contribution is -1.90. The number of benzene rings is 1. The molecule has 2 N–H and O–H groups in total. The van der Waals surface area contributed by atoms with E-state index in [0.717, 1.165) is 22.3 Å². The van der Waals surface area contributed by atoms with Gasteiger partial charge >= 0.3 is 0 Å². The number of halogens is 2. The average molecular weight is 231 g/mol. The molecule has 76 valence electrons. The topological polar surface area (TPSA) is 38.9 Å². The van der Waals surface area contributed by atoms with Gasteiger partial charge in [-0.3, -0.25) is 4.98 Å². The molecule has 0 radical (unpaired) electrons. The van der Waals surface area contributed by atoms with E-state index in [-0.39, 0.29) is 24.8 Å². The van der Waals surface area contributed by atoms with Gasteiger partial charge in [-0.2, -0.15) is 0 Å². The third kappa shape index (κ3) is 2.28. The molecule has 0 spiro atoms. The van der Waals surface area contributed by atoms with Crippen molar-refractivity contribution in [2.45, 2.75) is 6.92 Å². The molecular weight excluding hydrogens is 219 g/mol. The Balaban J connectivity index is 0.000000845. The Labute approximate surface area is 95.3 Å². The summed E-state index contributed by atoms with van der Waals surface area (Å²) < 4.78 is 0. The first-order valence-electron chi connectivity index (χ1n) is 3.89. The predicted molar refractivity (Wildman–Crippen MR) is 65.4 cm³/mol. The summed E-state index contributed by atoms with van der Waals surface area (Å²) in [6, 6.07) is 9.84. The molecule has 2 aromatic rings. The second-order valence-corrected chi connectivity index (χ2v) is 2.87. The minimum Gasteiger partial charge on any atom is -0.397 e. The van der Waals surface area contributed by atoms with Crippen LogP contribution in [-0.4, -0.2) is 4.98 Å². The zero-order valence-corrected chi connectivity index (χ0v) is 9.36. The van der Waals surface area contributed by atoms with Crippen molar-refractivity contribution in [3.05, 3.63) is 36.0 Å². The SMILES string of the molecule is Cc1ccc2cccc(N)c2n1.Cl.Cl. The van der Waals surface area contributed by atoms with Crippen molar-refractivity contribution < 1.29 is 0 Å². The summed E-state index contributed by atoms with van der Waals surface area (Å²) in [7, 11) is 0. The standard InChI is InChI=1S/C10H10N2.2ClH/c1-7-5-6-8-3-2-4-9(11)10(8)12-7;;/h2-6H,11H2,1H3;2*1H. The number of pyridine rings is 1. The van der Waals surface area contributed by atoms with Crippen molar-refractivity contribution in [1.82, 2.24) is 4.98 Å². The van der Waals surface area contributed by atoms with Gasteiger partial charge in [0.25, 0.3) is 0 Å². The fraction of sp³-hybridized carbons (Fsp3) is 0.100. The maximum absolute atomic E-state index is 5.76. The van der Waals surface area contributed by atoms with Crippen molar-refractivity contribution in [2.24, 2.45) is 0 Å². The molecule has 0 amide bonds. The van der Waals surface area contributed by atoms with Gasteiger partial charge in [-0.1, -0.05) is 18.2 Å². The third-order valence-electron chi connectivity index (χ3n) is 1.89. The Morgan fingerprint density at radius 2 is 1.79 bits per heavy atom. The minimum atomic E-state index is 0. The molecule has 0 atom stereocenters. The Bertz CT molecular complexity index is 429. The van der Waals surface area contributed by atoms with Crippen LogP contribution < -0.4 is 5.73 Å². The number of aromatic nitrogens is 1. The largest absolute Gasteiger partial charge is 0.397 e. The highest BCUT2D eigenvalue weighted by molar-refractivity contribution is 5.89. The molecule has 0 saturated carbocycles. The number of anilines is 1. The van der Waals surface area contributed by atoms with E-state index in [9.17, 15) is 0 Å². The van der Waals surface area contributed by atoms with E-state index in [1.807, 2.05) is 37.3 Å². The number of nitrogen functional groups attached to an aromatic ring is 1. The molecule has 2 rings (SSSR count). The van der Waals surface area contributed by atoms with Gasteiger partial charge in [-0.05, 0) is 19.1 Å². The molecule has 0 saturated heterocycles. The molecule has 0 aliphatic carbocycles. The summed E-state index contributed by atoms with van der Waals surface area (Å²) in [5.41, 5.74) is 8.41. The predicted octanol–water partition coefficient (Wildman–Crippen LogP) is 2.97. The number of para-hydroxylation sites is 1. The van der Waals surface area contributed by atoms with Crippen LogP contribution in [0.25, 0.3) is 10.9 Å². The van der Waals surface area contributed by atoms with E-state index in [1.165, 1.54) is 0 Å². The first kappa shape index (κ1) is 13.0. The number of nitrogens with two attached hydrogens (primary N) is 1. The molecule has 0 aliphatic rings. The van der Waals surface area contributed by atoms with E-state index in [1.54, 1.807) is 0 Å². The van der Waals surface area contributed by atoms with Crippen LogP contribution in [0.1, 0.15) is 5.69 Å². The molecule has 4 heteroatoms. The summed E-state index contributed by atoms with van der Waals surface area (Å²) in [6.07, 6.45) is 0. The number of hydrogen-bond acceptors (Lipinski definition) is 2. The second kappa shape index (κ2) is 5.03. The van der Waals surface area contributed by atoms with E-state index < -0.39 is 0 Å². The summed E-state index contributed by atoms with van der Waals surface area (Å²) in [6.45, 7) is 1.96. The third-order valence-corrected chi connectivity index (χ3v) is 1.89. The highest BCUT2D eigenvalue weighted by Gasteiger charge is 1.97. The molecule has 0 unspecified atom stereocenters. The summed E-state index contributed by atoms with van der Waals surface area (Å²) in [5, 5.41) is 1.10. The molecule has 0 fully saturated rings. The van der Waals surface area contributed by atoms with Crippen LogP contribution in [0.4, 0.5) is 5.69 Å². The first-order valence-corrected chi connectivity index (χ1v) is 3.89. The molecule has 0 aliphatic heterocycles. The molecule has 1 heterocycles. The Morgan fingerprint density at radius 1 is 1.07 bits per heavy atom. The maximum atomic E-state index is 5.76. The lowest BCUT2D eigenvalue weighted by atomic mass is 10.2. The Kier molecular flexibility index (Phi) is 4.68. The van der Waals surface area contributed by atoms with Crippen molar-refractivity contribution in [2.75, 3.05) is 5.73 Å². The molecular formula is C10H12Cl2N2. The van der Waals surface area contributed by atoms with Gasteiger partial charge < -0.3 is 5.73 Å². The van der Waals surface area contributed by atoms with E-state index in [2.05, 4.69) is 4.98 Å². The molecule has 1 aromatic carbocycles. The van der Waals surface area contributed by atoms with Crippen LogP contribution >= 0.6 is 24.8 Å². The van der Waals surface area contributed by atoms with Crippen molar-refractivity contribution in [3.8, 4) is 0 Å². The van der Waals surface area contributed by atoms with Gasteiger partial charge in [0.05, 0.1) is 11.2 Å². The highest BCUT2D eigenvalue weighted by atomic mass is 35.5. The molecule has 0 bridgehead atoms. The number of nitrogens with zero attached hydrogens (tertiary/aromatic N) is 1.